The number of rotatable bonds is 4. The first-order valence-corrected chi connectivity index (χ1v) is 8.76. The zero-order valence-corrected chi connectivity index (χ0v) is 15.3. The van der Waals surface area contributed by atoms with Gasteiger partial charge in [0.1, 0.15) is 5.82 Å². The summed E-state index contributed by atoms with van der Waals surface area (Å²) in [5.74, 6) is 0.443. The maximum Gasteiger partial charge on any atom is 0.335 e. The second kappa shape index (κ2) is 7.19. The molecule has 0 spiro atoms. The number of hydrogen-bond acceptors (Lipinski definition) is 3. The number of carbonyl (C=O) groups excluding carboxylic acids is 1. The van der Waals surface area contributed by atoms with Gasteiger partial charge in [-0.15, -0.1) is 0 Å². The van der Waals surface area contributed by atoms with E-state index in [1.807, 2.05) is 7.05 Å². The molecule has 0 unspecified atom stereocenters. The summed E-state index contributed by atoms with van der Waals surface area (Å²) in [5, 5.41) is 11.8. The van der Waals surface area contributed by atoms with E-state index in [9.17, 15) is 9.59 Å². The zero-order valence-electron chi connectivity index (χ0n) is 15.3. The largest absolute Gasteiger partial charge is 0.478 e. The highest BCUT2D eigenvalue weighted by Gasteiger charge is 2.26. The molecule has 2 N–H and O–H groups in total. The number of urea groups is 1. The molecular weight excluding hydrogens is 332 g/mol. The highest BCUT2D eigenvalue weighted by Crippen LogP contribution is 2.23. The van der Waals surface area contributed by atoms with Gasteiger partial charge in [0.15, 0.2) is 0 Å². The van der Waals surface area contributed by atoms with Crippen LogP contribution in [0.2, 0.25) is 0 Å². The molecule has 1 aromatic heterocycles. The minimum absolute atomic E-state index is 0.130. The van der Waals surface area contributed by atoms with Crippen LogP contribution in [-0.2, 0) is 26.6 Å². The monoisotopic (exact) mass is 356 g/mol. The number of aromatic nitrogens is 2. The fraction of sp³-hybridized carbons (Fsp3) is 0.421. The fourth-order valence-corrected chi connectivity index (χ4v) is 3.29. The normalized spacial score (nSPS) is 13.6. The van der Waals surface area contributed by atoms with Gasteiger partial charge in [-0.25, -0.2) is 14.6 Å². The molecular formula is C19H24N4O3. The summed E-state index contributed by atoms with van der Waals surface area (Å²) in [6.07, 6.45) is 0.798. The Bertz CT molecular complexity index is 824. The summed E-state index contributed by atoms with van der Waals surface area (Å²) in [7, 11) is 2.04. The second-order valence-electron chi connectivity index (χ2n) is 6.91. The predicted octanol–water partition coefficient (Wildman–Crippen LogP) is 2.51. The molecule has 0 atom stereocenters. The summed E-state index contributed by atoms with van der Waals surface area (Å²) in [5.41, 5.74) is 3.28. The molecule has 0 fully saturated rings. The molecule has 1 aliphatic heterocycles. The Labute approximate surface area is 152 Å². The summed E-state index contributed by atoms with van der Waals surface area (Å²) in [6.45, 7) is 5.77. The number of aromatic carboxylic acids is 1. The number of hydrogen-bond donors (Lipinski definition) is 2. The number of amides is 2. The Hall–Kier alpha value is -2.83. The van der Waals surface area contributed by atoms with Crippen LogP contribution >= 0.6 is 0 Å². The van der Waals surface area contributed by atoms with Crippen molar-refractivity contribution < 1.29 is 14.7 Å². The Morgan fingerprint density at radius 1 is 1.27 bits per heavy atom. The molecule has 2 heterocycles. The SMILES string of the molecule is CC(C)c1nc2c(n1C)CCN(C(=O)NCc1ccc(C(=O)O)cc1)C2. The van der Waals surface area contributed by atoms with Crippen molar-refractivity contribution in [3.8, 4) is 0 Å². The minimum atomic E-state index is -0.958. The molecule has 3 rings (SSSR count). The van der Waals surface area contributed by atoms with E-state index in [2.05, 4.69) is 23.7 Å². The molecule has 2 aromatic rings. The van der Waals surface area contributed by atoms with Crippen LogP contribution in [0.1, 0.15) is 52.9 Å². The molecule has 1 aliphatic rings. The maximum absolute atomic E-state index is 12.5. The smallest absolute Gasteiger partial charge is 0.335 e. The molecule has 7 heteroatoms. The summed E-state index contributed by atoms with van der Waals surface area (Å²) >= 11 is 0. The molecule has 7 nitrogen and oxygen atoms in total. The molecule has 26 heavy (non-hydrogen) atoms. The lowest BCUT2D eigenvalue weighted by molar-refractivity contribution is 0.0697. The first-order chi connectivity index (χ1) is 12.4. The predicted molar refractivity (Wildman–Crippen MR) is 97.0 cm³/mol. The van der Waals surface area contributed by atoms with Crippen LogP contribution < -0.4 is 5.32 Å². The van der Waals surface area contributed by atoms with Crippen LogP contribution in [0.25, 0.3) is 0 Å². The van der Waals surface area contributed by atoms with E-state index >= 15 is 0 Å². The Balaban J connectivity index is 1.61. The maximum atomic E-state index is 12.5. The first kappa shape index (κ1) is 18.0. The van der Waals surface area contributed by atoms with Gasteiger partial charge in [0.2, 0.25) is 0 Å². The van der Waals surface area contributed by atoms with Crippen molar-refractivity contribution in [1.29, 1.82) is 0 Å². The quantitative estimate of drug-likeness (QED) is 0.881. The van der Waals surface area contributed by atoms with Crippen LogP contribution in [0, 0.1) is 0 Å². The fourth-order valence-electron chi connectivity index (χ4n) is 3.29. The topological polar surface area (TPSA) is 87.5 Å². The number of nitrogens with zero attached hydrogens (tertiary/aromatic N) is 3. The van der Waals surface area contributed by atoms with E-state index in [4.69, 9.17) is 10.1 Å². The summed E-state index contributed by atoms with van der Waals surface area (Å²) in [6, 6.07) is 6.38. The average Bonchev–Trinajstić information content (AvgIpc) is 2.96. The van der Waals surface area contributed by atoms with Gasteiger partial charge in [0.05, 0.1) is 17.8 Å². The lowest BCUT2D eigenvalue weighted by Gasteiger charge is -2.27. The Morgan fingerprint density at radius 3 is 2.58 bits per heavy atom. The molecule has 0 aliphatic carbocycles. The zero-order chi connectivity index (χ0) is 18.8. The molecule has 0 saturated carbocycles. The summed E-state index contributed by atoms with van der Waals surface area (Å²) < 4.78 is 2.15. The number of nitrogens with one attached hydrogen (secondary N) is 1. The van der Waals surface area contributed by atoms with Gasteiger partial charge < -0.3 is 19.9 Å². The van der Waals surface area contributed by atoms with Gasteiger partial charge in [-0.2, -0.15) is 0 Å². The molecule has 0 radical (unpaired) electrons. The molecule has 2 amide bonds. The average molecular weight is 356 g/mol. The van der Waals surface area contributed by atoms with Crippen LogP contribution in [0.15, 0.2) is 24.3 Å². The van der Waals surface area contributed by atoms with Gasteiger partial charge in [-0.3, -0.25) is 0 Å². The first-order valence-electron chi connectivity index (χ1n) is 8.76. The van der Waals surface area contributed by atoms with E-state index in [-0.39, 0.29) is 11.6 Å². The number of carboxylic acid groups (broad SMARTS) is 1. The van der Waals surface area contributed by atoms with Gasteiger partial charge in [0.25, 0.3) is 0 Å². The van der Waals surface area contributed by atoms with Gasteiger partial charge in [-0.05, 0) is 17.7 Å². The minimum Gasteiger partial charge on any atom is -0.478 e. The van der Waals surface area contributed by atoms with Crippen molar-refractivity contribution >= 4 is 12.0 Å². The van der Waals surface area contributed by atoms with Crippen LogP contribution in [0.5, 0.6) is 0 Å². The third-order valence-electron chi connectivity index (χ3n) is 4.74. The van der Waals surface area contributed by atoms with Crippen molar-refractivity contribution in [3.63, 3.8) is 0 Å². The Morgan fingerprint density at radius 2 is 1.96 bits per heavy atom. The van der Waals surface area contributed by atoms with Crippen LogP contribution in [0.3, 0.4) is 0 Å². The third kappa shape index (κ3) is 3.56. The van der Waals surface area contributed by atoms with E-state index in [0.29, 0.717) is 25.6 Å². The standard InChI is InChI=1S/C19H24N4O3/c1-12(2)17-21-15-11-23(9-8-16(15)22(17)3)19(26)20-10-13-4-6-14(7-5-13)18(24)25/h4-7,12H,8-11H2,1-3H3,(H,20,26)(H,24,25). The van der Waals surface area contributed by atoms with Crippen molar-refractivity contribution in [1.82, 2.24) is 19.8 Å². The molecule has 0 saturated heterocycles. The lowest BCUT2D eigenvalue weighted by Crippen LogP contribution is -2.42. The molecule has 1 aromatic carbocycles. The van der Waals surface area contributed by atoms with Crippen LogP contribution in [-0.4, -0.2) is 38.1 Å². The van der Waals surface area contributed by atoms with E-state index < -0.39 is 5.97 Å². The highest BCUT2D eigenvalue weighted by atomic mass is 16.4. The number of benzene rings is 1. The third-order valence-corrected chi connectivity index (χ3v) is 4.74. The van der Waals surface area contributed by atoms with Gasteiger partial charge in [-0.1, -0.05) is 26.0 Å². The van der Waals surface area contributed by atoms with Crippen molar-refractivity contribution in [2.24, 2.45) is 7.05 Å². The Kier molecular flexibility index (Phi) is 4.97. The van der Waals surface area contributed by atoms with Gasteiger partial charge >= 0.3 is 12.0 Å². The van der Waals surface area contributed by atoms with Crippen molar-refractivity contribution in [3.05, 3.63) is 52.6 Å². The van der Waals surface area contributed by atoms with Crippen molar-refractivity contribution in [2.75, 3.05) is 6.54 Å². The number of imidazole rings is 1. The summed E-state index contributed by atoms with van der Waals surface area (Å²) in [4.78, 5) is 29.8. The highest BCUT2D eigenvalue weighted by molar-refractivity contribution is 5.87. The second-order valence-corrected chi connectivity index (χ2v) is 6.91. The van der Waals surface area contributed by atoms with E-state index in [1.165, 1.54) is 5.69 Å². The number of carbonyl (C=O) groups is 2. The number of fused-ring (bicyclic) bond motifs is 1. The van der Waals surface area contributed by atoms with E-state index in [1.54, 1.807) is 29.2 Å². The lowest BCUT2D eigenvalue weighted by atomic mass is 10.1. The molecule has 138 valence electrons. The van der Waals surface area contributed by atoms with Crippen LogP contribution in [0.4, 0.5) is 4.79 Å². The van der Waals surface area contributed by atoms with E-state index in [0.717, 1.165) is 23.5 Å². The van der Waals surface area contributed by atoms with Gasteiger partial charge in [0, 0.05) is 38.2 Å². The number of carboxylic acids is 1. The van der Waals surface area contributed by atoms with Crippen molar-refractivity contribution in [2.45, 2.75) is 39.3 Å². The molecule has 0 bridgehead atoms.